The van der Waals surface area contributed by atoms with Crippen LogP contribution in [0.5, 0.6) is 17.4 Å². The summed E-state index contributed by atoms with van der Waals surface area (Å²) < 4.78 is 11.1. The molecule has 1 aromatic heterocycles. The Hall–Kier alpha value is -3.05. The van der Waals surface area contributed by atoms with Gasteiger partial charge in [0.2, 0.25) is 5.88 Å². The number of anilines is 1. The number of benzene rings is 2. The predicted molar refractivity (Wildman–Crippen MR) is 96.3 cm³/mol. The normalized spacial score (nSPS) is 10.1. The Bertz CT molecular complexity index is 822. The molecule has 126 valence electrons. The second-order valence-corrected chi connectivity index (χ2v) is 5.52. The highest BCUT2D eigenvalue weighted by molar-refractivity contribution is 6.30. The van der Waals surface area contributed by atoms with Crippen molar-refractivity contribution < 1.29 is 14.3 Å². The fourth-order valence-electron chi connectivity index (χ4n) is 2.01. The minimum atomic E-state index is -0.254. The van der Waals surface area contributed by atoms with Crippen LogP contribution in [0.1, 0.15) is 0 Å². The molecule has 6 heteroatoms. The third kappa shape index (κ3) is 5.22. The number of nitrogens with one attached hydrogen (secondary N) is 1. The van der Waals surface area contributed by atoms with E-state index in [2.05, 4.69) is 10.3 Å². The van der Waals surface area contributed by atoms with Crippen LogP contribution in [0.2, 0.25) is 5.02 Å². The van der Waals surface area contributed by atoms with E-state index in [0.29, 0.717) is 28.1 Å². The number of nitrogens with zero attached hydrogens (tertiary/aromatic N) is 1. The topological polar surface area (TPSA) is 60.5 Å². The van der Waals surface area contributed by atoms with Crippen LogP contribution in [-0.2, 0) is 4.79 Å². The average molecular weight is 355 g/mol. The maximum absolute atomic E-state index is 11.9. The molecule has 0 fully saturated rings. The third-order valence-corrected chi connectivity index (χ3v) is 3.43. The molecule has 0 saturated carbocycles. The van der Waals surface area contributed by atoms with E-state index < -0.39 is 0 Å². The van der Waals surface area contributed by atoms with E-state index >= 15 is 0 Å². The van der Waals surface area contributed by atoms with Crippen molar-refractivity contribution in [1.29, 1.82) is 0 Å². The van der Waals surface area contributed by atoms with Gasteiger partial charge in [-0.2, -0.15) is 0 Å². The lowest BCUT2D eigenvalue weighted by molar-refractivity contribution is -0.118. The Morgan fingerprint density at radius 1 is 0.960 bits per heavy atom. The fraction of sp³-hybridized carbons (Fsp3) is 0.0526. The number of ether oxygens (including phenoxy) is 2. The van der Waals surface area contributed by atoms with Gasteiger partial charge in [0.1, 0.15) is 11.5 Å². The number of hydrogen-bond acceptors (Lipinski definition) is 4. The maximum Gasteiger partial charge on any atom is 0.262 e. The number of amides is 1. The zero-order valence-electron chi connectivity index (χ0n) is 13.2. The van der Waals surface area contributed by atoms with E-state index in [1.54, 1.807) is 60.8 Å². The summed E-state index contributed by atoms with van der Waals surface area (Å²) in [6.45, 7) is -0.0942. The number of halogens is 1. The molecule has 0 aliphatic heterocycles. The molecule has 0 aliphatic rings. The molecule has 1 N–H and O–H groups in total. The van der Waals surface area contributed by atoms with E-state index in [-0.39, 0.29) is 12.5 Å². The highest BCUT2D eigenvalue weighted by Gasteiger charge is 2.04. The van der Waals surface area contributed by atoms with Crippen molar-refractivity contribution in [3.8, 4) is 17.4 Å². The quantitative estimate of drug-likeness (QED) is 0.705. The van der Waals surface area contributed by atoms with Crippen molar-refractivity contribution in [2.24, 2.45) is 0 Å². The smallest absolute Gasteiger partial charge is 0.262 e. The molecule has 0 unspecified atom stereocenters. The first kappa shape index (κ1) is 16.8. The molecule has 1 amide bonds. The van der Waals surface area contributed by atoms with Crippen LogP contribution in [0, 0.1) is 0 Å². The summed E-state index contributed by atoms with van der Waals surface area (Å²) in [5, 5.41) is 3.34. The van der Waals surface area contributed by atoms with E-state index in [1.165, 1.54) is 0 Å². The first-order valence-electron chi connectivity index (χ1n) is 7.56. The van der Waals surface area contributed by atoms with E-state index in [9.17, 15) is 4.79 Å². The van der Waals surface area contributed by atoms with Gasteiger partial charge >= 0.3 is 0 Å². The molecular formula is C19H15ClN2O3. The second kappa shape index (κ2) is 8.17. The van der Waals surface area contributed by atoms with Crippen LogP contribution in [0.4, 0.5) is 5.69 Å². The molecule has 0 radical (unpaired) electrons. The zero-order valence-corrected chi connectivity index (χ0v) is 13.9. The number of hydrogen-bond donors (Lipinski definition) is 1. The summed E-state index contributed by atoms with van der Waals surface area (Å²) in [5.74, 6) is 1.46. The van der Waals surface area contributed by atoms with Crippen molar-refractivity contribution in [3.05, 3.63) is 77.9 Å². The summed E-state index contributed by atoms with van der Waals surface area (Å²) in [7, 11) is 0. The highest BCUT2D eigenvalue weighted by atomic mass is 35.5. The van der Waals surface area contributed by atoms with Gasteiger partial charge in [0.15, 0.2) is 6.61 Å². The lowest BCUT2D eigenvalue weighted by atomic mass is 10.3. The molecule has 0 spiro atoms. The largest absolute Gasteiger partial charge is 0.484 e. The van der Waals surface area contributed by atoms with Crippen molar-refractivity contribution in [2.75, 3.05) is 11.9 Å². The Balaban J connectivity index is 1.49. The Kier molecular flexibility index (Phi) is 5.49. The minimum Gasteiger partial charge on any atom is -0.484 e. The van der Waals surface area contributed by atoms with Gasteiger partial charge in [-0.25, -0.2) is 4.98 Å². The molecule has 5 nitrogen and oxygen atoms in total. The average Bonchev–Trinajstić information content (AvgIpc) is 2.64. The monoisotopic (exact) mass is 354 g/mol. The SMILES string of the molecule is O=C(COc1ccc(Oc2ccccn2)cc1)Nc1ccc(Cl)cc1. The summed E-state index contributed by atoms with van der Waals surface area (Å²) in [4.78, 5) is 16.0. The van der Waals surface area contributed by atoms with Crippen molar-refractivity contribution in [2.45, 2.75) is 0 Å². The fourth-order valence-corrected chi connectivity index (χ4v) is 2.14. The van der Waals surface area contributed by atoms with Gasteiger partial charge in [-0.15, -0.1) is 0 Å². The van der Waals surface area contributed by atoms with Gasteiger partial charge in [-0.1, -0.05) is 17.7 Å². The Labute approximate surface area is 150 Å². The van der Waals surface area contributed by atoms with Gasteiger partial charge in [-0.3, -0.25) is 4.79 Å². The van der Waals surface area contributed by atoms with Crippen LogP contribution >= 0.6 is 11.6 Å². The lowest BCUT2D eigenvalue weighted by Gasteiger charge is -2.09. The molecule has 2 aromatic carbocycles. The molecule has 0 aliphatic carbocycles. The number of carbonyl (C=O) groups excluding carboxylic acids is 1. The Morgan fingerprint density at radius 3 is 2.36 bits per heavy atom. The van der Waals surface area contributed by atoms with Crippen molar-refractivity contribution in [1.82, 2.24) is 4.98 Å². The van der Waals surface area contributed by atoms with Crippen molar-refractivity contribution >= 4 is 23.2 Å². The van der Waals surface area contributed by atoms with Crippen LogP contribution in [0.3, 0.4) is 0 Å². The zero-order chi connectivity index (χ0) is 17.5. The highest BCUT2D eigenvalue weighted by Crippen LogP contribution is 2.22. The summed E-state index contributed by atoms with van der Waals surface area (Å²) in [5.41, 5.74) is 0.664. The molecule has 25 heavy (non-hydrogen) atoms. The second-order valence-electron chi connectivity index (χ2n) is 5.09. The summed E-state index contributed by atoms with van der Waals surface area (Å²) in [6.07, 6.45) is 1.66. The molecule has 3 rings (SSSR count). The van der Waals surface area contributed by atoms with Crippen LogP contribution in [-0.4, -0.2) is 17.5 Å². The van der Waals surface area contributed by atoms with Gasteiger partial charge in [-0.05, 0) is 54.6 Å². The summed E-state index contributed by atoms with van der Waals surface area (Å²) in [6, 6.07) is 19.3. The molecule has 3 aromatic rings. The van der Waals surface area contributed by atoms with E-state index in [0.717, 1.165) is 0 Å². The number of pyridine rings is 1. The minimum absolute atomic E-state index is 0.0942. The summed E-state index contributed by atoms with van der Waals surface area (Å²) >= 11 is 5.80. The van der Waals surface area contributed by atoms with Gasteiger partial charge in [0.05, 0.1) is 0 Å². The number of carbonyl (C=O) groups is 1. The van der Waals surface area contributed by atoms with E-state index in [4.69, 9.17) is 21.1 Å². The first-order valence-corrected chi connectivity index (χ1v) is 7.94. The van der Waals surface area contributed by atoms with Crippen LogP contribution < -0.4 is 14.8 Å². The van der Waals surface area contributed by atoms with Crippen LogP contribution in [0.15, 0.2) is 72.9 Å². The van der Waals surface area contributed by atoms with Gasteiger partial charge in [0.25, 0.3) is 5.91 Å². The van der Waals surface area contributed by atoms with Gasteiger partial charge < -0.3 is 14.8 Å². The molecular weight excluding hydrogens is 340 g/mol. The van der Waals surface area contributed by atoms with E-state index in [1.807, 2.05) is 12.1 Å². The lowest BCUT2D eigenvalue weighted by Crippen LogP contribution is -2.20. The Morgan fingerprint density at radius 2 is 1.68 bits per heavy atom. The first-order chi connectivity index (χ1) is 12.2. The molecule has 0 bridgehead atoms. The van der Waals surface area contributed by atoms with Gasteiger partial charge in [0, 0.05) is 23.0 Å². The number of aromatic nitrogens is 1. The standard InChI is InChI=1S/C19H15ClN2O3/c20-14-4-6-15(7-5-14)22-18(23)13-24-16-8-10-17(11-9-16)25-19-3-1-2-12-21-19/h1-12H,13H2,(H,22,23). The van der Waals surface area contributed by atoms with Crippen LogP contribution in [0.25, 0.3) is 0 Å². The number of rotatable bonds is 6. The predicted octanol–water partition coefficient (Wildman–Crippen LogP) is 4.54. The molecule has 0 saturated heterocycles. The molecule has 1 heterocycles. The van der Waals surface area contributed by atoms with Crippen molar-refractivity contribution in [3.63, 3.8) is 0 Å². The molecule has 0 atom stereocenters. The maximum atomic E-state index is 11.9. The third-order valence-electron chi connectivity index (χ3n) is 3.18.